The van der Waals surface area contributed by atoms with Crippen molar-refractivity contribution >= 4 is 23.5 Å². The van der Waals surface area contributed by atoms with Gasteiger partial charge in [0.2, 0.25) is 0 Å². The zero-order chi connectivity index (χ0) is 19.1. The van der Waals surface area contributed by atoms with Crippen LogP contribution in [-0.2, 0) is 12.3 Å². The van der Waals surface area contributed by atoms with Crippen molar-refractivity contribution in [2.75, 3.05) is 19.0 Å². The Kier molecular flexibility index (Phi) is 6.44. The molecule has 0 unspecified atom stereocenters. The van der Waals surface area contributed by atoms with Gasteiger partial charge in [-0.2, -0.15) is 0 Å². The van der Waals surface area contributed by atoms with E-state index in [1.54, 1.807) is 24.2 Å². The standard InChI is InChI=1S/C21H22N4OS/c1-25(2)20-18(6-4-12-23-20)14-24-21(26)17-7-9-19(10-8-17)27-15-16-5-3-11-22-13-16/h3-13H,14-15H2,1-2H3,(H,24,26). The predicted molar refractivity (Wildman–Crippen MR) is 110 cm³/mol. The van der Waals surface area contributed by atoms with Crippen molar-refractivity contribution in [3.8, 4) is 0 Å². The Bertz CT molecular complexity index is 882. The van der Waals surface area contributed by atoms with Crippen molar-refractivity contribution in [1.29, 1.82) is 0 Å². The van der Waals surface area contributed by atoms with Gasteiger partial charge in [-0.25, -0.2) is 4.98 Å². The first-order valence-corrected chi connectivity index (χ1v) is 9.63. The molecule has 1 aromatic carbocycles. The number of aromatic nitrogens is 2. The molecule has 3 rings (SSSR count). The van der Waals surface area contributed by atoms with E-state index in [4.69, 9.17) is 0 Å². The smallest absolute Gasteiger partial charge is 0.251 e. The normalized spacial score (nSPS) is 10.4. The molecule has 0 bridgehead atoms. The number of hydrogen-bond donors (Lipinski definition) is 1. The minimum absolute atomic E-state index is 0.0904. The van der Waals surface area contributed by atoms with Gasteiger partial charge in [0.05, 0.1) is 0 Å². The number of hydrogen-bond acceptors (Lipinski definition) is 5. The van der Waals surface area contributed by atoms with Gasteiger partial charge in [0.1, 0.15) is 5.82 Å². The Morgan fingerprint density at radius 2 is 1.85 bits per heavy atom. The summed E-state index contributed by atoms with van der Waals surface area (Å²) in [6.45, 7) is 0.442. The molecular weight excluding hydrogens is 356 g/mol. The van der Waals surface area contributed by atoms with Crippen LogP contribution in [0.4, 0.5) is 5.82 Å². The molecule has 138 valence electrons. The summed E-state index contributed by atoms with van der Waals surface area (Å²) in [7, 11) is 3.88. The largest absolute Gasteiger partial charge is 0.362 e. The molecule has 2 aromatic heterocycles. The van der Waals surface area contributed by atoms with Crippen molar-refractivity contribution in [3.05, 3.63) is 83.8 Å². The van der Waals surface area contributed by atoms with Gasteiger partial charge >= 0.3 is 0 Å². The molecular formula is C21H22N4OS. The predicted octanol–water partition coefficient (Wildman–Crippen LogP) is 3.76. The third kappa shape index (κ3) is 5.31. The van der Waals surface area contributed by atoms with E-state index in [1.165, 1.54) is 5.56 Å². The zero-order valence-corrected chi connectivity index (χ0v) is 16.2. The third-order valence-corrected chi connectivity index (χ3v) is 5.06. The fourth-order valence-corrected chi connectivity index (χ4v) is 3.43. The lowest BCUT2D eigenvalue weighted by Gasteiger charge is -2.16. The fourth-order valence-electron chi connectivity index (χ4n) is 2.60. The van der Waals surface area contributed by atoms with Crippen molar-refractivity contribution < 1.29 is 4.79 Å². The van der Waals surface area contributed by atoms with Crippen LogP contribution in [0.15, 0.2) is 72.0 Å². The van der Waals surface area contributed by atoms with E-state index in [9.17, 15) is 4.79 Å². The van der Waals surface area contributed by atoms with E-state index in [0.29, 0.717) is 12.1 Å². The van der Waals surface area contributed by atoms with Crippen molar-refractivity contribution in [2.24, 2.45) is 0 Å². The van der Waals surface area contributed by atoms with E-state index in [1.807, 2.05) is 67.7 Å². The number of thioether (sulfide) groups is 1. The van der Waals surface area contributed by atoms with Crippen molar-refractivity contribution in [2.45, 2.75) is 17.2 Å². The van der Waals surface area contributed by atoms with Gasteiger partial charge in [-0.3, -0.25) is 9.78 Å². The number of pyridine rings is 2. The maximum absolute atomic E-state index is 12.4. The summed E-state index contributed by atoms with van der Waals surface area (Å²) in [6.07, 6.45) is 5.40. The molecule has 3 aromatic rings. The Morgan fingerprint density at radius 1 is 1.07 bits per heavy atom. The van der Waals surface area contributed by atoms with Crippen LogP contribution in [0, 0.1) is 0 Å². The van der Waals surface area contributed by atoms with Crippen LogP contribution in [0.3, 0.4) is 0 Å². The van der Waals surface area contributed by atoms with Gasteiger partial charge in [0.25, 0.3) is 5.91 Å². The third-order valence-electron chi connectivity index (χ3n) is 3.98. The highest BCUT2D eigenvalue weighted by Crippen LogP contribution is 2.22. The monoisotopic (exact) mass is 378 g/mol. The van der Waals surface area contributed by atoms with Crippen LogP contribution in [0.5, 0.6) is 0 Å². The van der Waals surface area contributed by atoms with E-state index < -0.39 is 0 Å². The van der Waals surface area contributed by atoms with Gasteiger partial charge in [-0.1, -0.05) is 12.1 Å². The molecule has 1 N–H and O–H groups in total. The number of benzene rings is 1. The number of nitrogens with zero attached hydrogens (tertiary/aromatic N) is 3. The zero-order valence-electron chi connectivity index (χ0n) is 15.4. The molecule has 0 saturated heterocycles. The number of nitrogens with one attached hydrogen (secondary N) is 1. The molecule has 0 aliphatic carbocycles. The average molecular weight is 379 g/mol. The number of anilines is 1. The molecule has 0 radical (unpaired) electrons. The molecule has 0 aliphatic heterocycles. The summed E-state index contributed by atoms with van der Waals surface area (Å²) >= 11 is 1.72. The maximum Gasteiger partial charge on any atom is 0.251 e. The van der Waals surface area contributed by atoms with Crippen LogP contribution in [0.2, 0.25) is 0 Å². The molecule has 0 atom stereocenters. The lowest BCUT2D eigenvalue weighted by atomic mass is 10.2. The Labute approximate surface area is 163 Å². The second-order valence-electron chi connectivity index (χ2n) is 6.24. The van der Waals surface area contributed by atoms with Crippen LogP contribution in [0.25, 0.3) is 0 Å². The molecule has 6 heteroatoms. The van der Waals surface area contributed by atoms with Gasteiger partial charge in [0.15, 0.2) is 0 Å². The molecule has 0 aliphatic rings. The van der Waals surface area contributed by atoms with Crippen LogP contribution >= 0.6 is 11.8 Å². The van der Waals surface area contributed by atoms with Crippen LogP contribution in [-0.4, -0.2) is 30.0 Å². The van der Waals surface area contributed by atoms with E-state index in [2.05, 4.69) is 21.4 Å². The van der Waals surface area contributed by atoms with Crippen molar-refractivity contribution in [1.82, 2.24) is 15.3 Å². The van der Waals surface area contributed by atoms with Crippen molar-refractivity contribution in [3.63, 3.8) is 0 Å². The highest BCUT2D eigenvalue weighted by Gasteiger charge is 2.09. The molecule has 0 saturated carbocycles. The Morgan fingerprint density at radius 3 is 2.56 bits per heavy atom. The summed E-state index contributed by atoms with van der Waals surface area (Å²) in [5.74, 6) is 1.63. The highest BCUT2D eigenvalue weighted by atomic mass is 32.2. The van der Waals surface area contributed by atoms with Crippen LogP contribution < -0.4 is 10.2 Å². The molecule has 2 heterocycles. The first-order chi connectivity index (χ1) is 13.1. The second-order valence-corrected chi connectivity index (χ2v) is 7.29. The summed E-state index contributed by atoms with van der Waals surface area (Å²) < 4.78 is 0. The quantitative estimate of drug-likeness (QED) is 0.634. The number of carbonyl (C=O) groups excluding carboxylic acids is 1. The molecule has 27 heavy (non-hydrogen) atoms. The molecule has 1 amide bonds. The molecule has 0 spiro atoms. The number of amides is 1. The van der Waals surface area contributed by atoms with E-state index in [-0.39, 0.29) is 5.91 Å². The second kappa shape index (κ2) is 9.19. The Hall–Kier alpha value is -2.86. The minimum atomic E-state index is -0.0904. The van der Waals surface area contributed by atoms with Gasteiger partial charge in [-0.05, 0) is 42.0 Å². The average Bonchev–Trinajstić information content (AvgIpc) is 2.71. The summed E-state index contributed by atoms with van der Waals surface area (Å²) in [4.78, 5) is 24.0. The van der Waals surface area contributed by atoms with Gasteiger partial charge < -0.3 is 10.2 Å². The summed E-state index contributed by atoms with van der Waals surface area (Å²) in [5, 5.41) is 2.97. The maximum atomic E-state index is 12.4. The number of rotatable bonds is 7. The van der Waals surface area contributed by atoms with Crippen LogP contribution in [0.1, 0.15) is 21.5 Å². The lowest BCUT2D eigenvalue weighted by molar-refractivity contribution is 0.0951. The molecule has 0 fully saturated rings. The van der Waals surface area contributed by atoms with Gasteiger partial charge in [-0.15, -0.1) is 11.8 Å². The Balaban J connectivity index is 1.56. The highest BCUT2D eigenvalue weighted by molar-refractivity contribution is 7.98. The number of carbonyl (C=O) groups is 1. The SMILES string of the molecule is CN(C)c1ncccc1CNC(=O)c1ccc(SCc2cccnc2)cc1. The summed E-state index contributed by atoms with van der Waals surface area (Å²) in [6, 6.07) is 15.5. The topological polar surface area (TPSA) is 58.1 Å². The summed E-state index contributed by atoms with van der Waals surface area (Å²) in [5.41, 5.74) is 2.81. The fraction of sp³-hybridized carbons (Fsp3) is 0.190. The molecule has 5 nitrogen and oxygen atoms in total. The lowest BCUT2D eigenvalue weighted by Crippen LogP contribution is -2.24. The first kappa shape index (κ1) is 18.9. The van der Waals surface area contributed by atoms with E-state index >= 15 is 0 Å². The van der Waals surface area contributed by atoms with E-state index in [0.717, 1.165) is 22.0 Å². The minimum Gasteiger partial charge on any atom is -0.362 e. The van der Waals surface area contributed by atoms with Gasteiger partial charge in [0, 0.05) is 61.0 Å². The first-order valence-electron chi connectivity index (χ1n) is 8.64.